The van der Waals surface area contributed by atoms with Crippen LogP contribution in [0.1, 0.15) is 30.0 Å². The zero-order valence-electron chi connectivity index (χ0n) is 14.6. The smallest absolute Gasteiger partial charge is 0.228 e. The molecule has 1 fully saturated rings. The molecular formula is C18H24N4O2S. The van der Waals surface area contributed by atoms with Gasteiger partial charge in [-0.2, -0.15) is 11.3 Å². The highest BCUT2D eigenvalue weighted by Crippen LogP contribution is 2.27. The number of nitrogens with zero attached hydrogens (tertiary/aromatic N) is 4. The third kappa shape index (κ3) is 3.63. The summed E-state index contributed by atoms with van der Waals surface area (Å²) in [4.78, 5) is 21.6. The molecule has 0 aliphatic carbocycles. The highest BCUT2D eigenvalue weighted by molar-refractivity contribution is 7.07. The molecule has 2 aliphatic heterocycles. The van der Waals surface area contributed by atoms with E-state index in [1.807, 2.05) is 4.90 Å². The molecule has 0 radical (unpaired) electrons. The van der Waals surface area contributed by atoms with Crippen molar-refractivity contribution in [3.8, 4) is 0 Å². The number of thiophene rings is 1. The molecule has 0 spiro atoms. The van der Waals surface area contributed by atoms with Crippen LogP contribution in [0.2, 0.25) is 0 Å². The van der Waals surface area contributed by atoms with Gasteiger partial charge in [-0.05, 0) is 29.3 Å². The minimum absolute atomic E-state index is 0.154. The Labute approximate surface area is 152 Å². The fourth-order valence-electron chi connectivity index (χ4n) is 3.59. The van der Waals surface area contributed by atoms with Crippen LogP contribution in [0.5, 0.6) is 0 Å². The Bertz CT molecular complexity index is 722. The SMILES string of the molecule is C[C@@H]1c2nc(CC(=O)N3CCOCC3)cn2CCN1Cc1ccsc1. The van der Waals surface area contributed by atoms with E-state index in [-0.39, 0.29) is 11.9 Å². The molecule has 2 aromatic rings. The third-order valence-corrected chi connectivity index (χ3v) is 5.80. The van der Waals surface area contributed by atoms with Crippen LogP contribution in [0.15, 0.2) is 23.0 Å². The maximum atomic E-state index is 12.4. The molecule has 2 aromatic heterocycles. The van der Waals surface area contributed by atoms with Crippen LogP contribution < -0.4 is 0 Å². The molecule has 6 nitrogen and oxygen atoms in total. The van der Waals surface area contributed by atoms with E-state index < -0.39 is 0 Å². The Morgan fingerprint density at radius 3 is 2.92 bits per heavy atom. The molecule has 0 N–H and O–H groups in total. The molecule has 0 unspecified atom stereocenters. The molecular weight excluding hydrogens is 336 g/mol. The number of ether oxygens (including phenoxy) is 1. The number of amides is 1. The number of morpholine rings is 1. The minimum Gasteiger partial charge on any atom is -0.378 e. The zero-order chi connectivity index (χ0) is 17.2. The third-order valence-electron chi connectivity index (χ3n) is 5.07. The molecule has 7 heteroatoms. The number of hydrogen-bond donors (Lipinski definition) is 0. The van der Waals surface area contributed by atoms with Gasteiger partial charge in [-0.1, -0.05) is 0 Å². The van der Waals surface area contributed by atoms with Crippen molar-refractivity contribution >= 4 is 17.2 Å². The van der Waals surface area contributed by atoms with Gasteiger partial charge in [0.15, 0.2) is 0 Å². The van der Waals surface area contributed by atoms with Crippen LogP contribution in [0.25, 0.3) is 0 Å². The molecule has 2 aliphatic rings. The van der Waals surface area contributed by atoms with Gasteiger partial charge in [-0.25, -0.2) is 4.98 Å². The molecule has 134 valence electrons. The number of imidazole rings is 1. The quantitative estimate of drug-likeness (QED) is 0.836. The summed E-state index contributed by atoms with van der Waals surface area (Å²) in [6.45, 7) is 7.77. The lowest BCUT2D eigenvalue weighted by Gasteiger charge is -2.33. The number of carbonyl (C=O) groups excluding carboxylic acids is 1. The second-order valence-electron chi connectivity index (χ2n) is 6.73. The maximum Gasteiger partial charge on any atom is 0.228 e. The van der Waals surface area contributed by atoms with Crippen molar-refractivity contribution < 1.29 is 9.53 Å². The van der Waals surface area contributed by atoms with Crippen molar-refractivity contribution in [2.45, 2.75) is 32.5 Å². The zero-order valence-corrected chi connectivity index (χ0v) is 15.4. The van der Waals surface area contributed by atoms with Gasteiger partial charge in [0.1, 0.15) is 5.82 Å². The average Bonchev–Trinajstić information content (AvgIpc) is 3.28. The average molecular weight is 360 g/mol. The van der Waals surface area contributed by atoms with Crippen LogP contribution in [0.3, 0.4) is 0 Å². The monoisotopic (exact) mass is 360 g/mol. The summed E-state index contributed by atoms with van der Waals surface area (Å²) >= 11 is 1.74. The van der Waals surface area contributed by atoms with E-state index in [1.165, 1.54) is 5.56 Å². The number of hydrogen-bond acceptors (Lipinski definition) is 5. The van der Waals surface area contributed by atoms with Crippen molar-refractivity contribution in [2.24, 2.45) is 0 Å². The largest absolute Gasteiger partial charge is 0.378 e. The van der Waals surface area contributed by atoms with Crippen molar-refractivity contribution in [2.75, 3.05) is 32.8 Å². The molecule has 0 bridgehead atoms. The van der Waals surface area contributed by atoms with E-state index in [0.29, 0.717) is 32.7 Å². The summed E-state index contributed by atoms with van der Waals surface area (Å²) in [5.74, 6) is 1.23. The molecule has 0 aromatic carbocycles. The first kappa shape index (κ1) is 16.8. The fourth-order valence-corrected chi connectivity index (χ4v) is 4.25. The molecule has 4 heterocycles. The van der Waals surface area contributed by atoms with Crippen molar-refractivity contribution in [1.29, 1.82) is 0 Å². The highest BCUT2D eigenvalue weighted by atomic mass is 32.1. The van der Waals surface area contributed by atoms with Gasteiger partial charge >= 0.3 is 0 Å². The Kier molecular flexibility index (Phi) is 4.87. The molecule has 1 saturated heterocycles. The summed E-state index contributed by atoms with van der Waals surface area (Å²) in [6, 6.07) is 2.45. The summed E-state index contributed by atoms with van der Waals surface area (Å²) in [7, 11) is 0. The maximum absolute atomic E-state index is 12.4. The normalized spacial score (nSPS) is 21.3. The second-order valence-corrected chi connectivity index (χ2v) is 7.51. The van der Waals surface area contributed by atoms with E-state index in [9.17, 15) is 4.79 Å². The Morgan fingerprint density at radius 2 is 2.16 bits per heavy atom. The second kappa shape index (κ2) is 7.27. The summed E-state index contributed by atoms with van der Waals surface area (Å²) in [6.07, 6.45) is 2.45. The first-order chi connectivity index (χ1) is 12.2. The highest BCUT2D eigenvalue weighted by Gasteiger charge is 2.27. The predicted molar refractivity (Wildman–Crippen MR) is 96.5 cm³/mol. The minimum atomic E-state index is 0.154. The lowest BCUT2D eigenvalue weighted by atomic mass is 10.2. The summed E-state index contributed by atoms with van der Waals surface area (Å²) in [5.41, 5.74) is 2.25. The van der Waals surface area contributed by atoms with E-state index in [2.05, 4.69) is 39.4 Å². The lowest BCUT2D eigenvalue weighted by molar-refractivity contribution is -0.134. The van der Waals surface area contributed by atoms with Gasteiger partial charge in [-0.15, -0.1) is 0 Å². The van der Waals surface area contributed by atoms with Crippen molar-refractivity contribution in [1.82, 2.24) is 19.4 Å². The van der Waals surface area contributed by atoms with Gasteiger partial charge in [-0.3, -0.25) is 9.69 Å². The predicted octanol–water partition coefficient (Wildman–Crippen LogP) is 1.92. The standard InChI is InChI=1S/C18H24N4O2S/c1-14-18-19-16(10-17(23)20-5-7-24-8-6-20)12-22(18)4-3-21(14)11-15-2-9-25-13-15/h2,9,12-14H,3-8,10-11H2,1H3/t14-/m1/s1. The fraction of sp³-hybridized carbons (Fsp3) is 0.556. The van der Waals surface area contributed by atoms with Crippen LogP contribution in [0.4, 0.5) is 0 Å². The lowest BCUT2D eigenvalue weighted by Crippen LogP contribution is -2.41. The number of aromatic nitrogens is 2. The number of rotatable bonds is 4. The Balaban J connectivity index is 1.43. The molecule has 25 heavy (non-hydrogen) atoms. The van der Waals surface area contributed by atoms with E-state index in [4.69, 9.17) is 9.72 Å². The molecule has 0 saturated carbocycles. The van der Waals surface area contributed by atoms with Gasteiger partial charge in [0.25, 0.3) is 0 Å². The number of fused-ring (bicyclic) bond motifs is 1. The van der Waals surface area contributed by atoms with Crippen LogP contribution in [-0.4, -0.2) is 58.1 Å². The van der Waals surface area contributed by atoms with Gasteiger partial charge in [0.05, 0.1) is 31.4 Å². The Morgan fingerprint density at radius 1 is 1.32 bits per heavy atom. The van der Waals surface area contributed by atoms with Crippen molar-refractivity contribution in [3.05, 3.63) is 40.1 Å². The summed E-state index contributed by atoms with van der Waals surface area (Å²) in [5, 5.41) is 4.33. The van der Waals surface area contributed by atoms with Crippen molar-refractivity contribution in [3.63, 3.8) is 0 Å². The molecule has 4 rings (SSSR count). The van der Waals surface area contributed by atoms with Gasteiger partial charge in [0.2, 0.25) is 5.91 Å². The first-order valence-electron chi connectivity index (χ1n) is 8.87. The van der Waals surface area contributed by atoms with E-state index in [0.717, 1.165) is 31.2 Å². The van der Waals surface area contributed by atoms with E-state index in [1.54, 1.807) is 11.3 Å². The van der Waals surface area contributed by atoms with Gasteiger partial charge in [0, 0.05) is 38.9 Å². The Hall–Kier alpha value is -1.70. The topological polar surface area (TPSA) is 50.6 Å². The van der Waals surface area contributed by atoms with Crippen LogP contribution in [-0.2, 0) is 29.0 Å². The first-order valence-corrected chi connectivity index (χ1v) is 9.81. The molecule has 1 amide bonds. The van der Waals surface area contributed by atoms with Crippen LogP contribution in [0, 0.1) is 0 Å². The number of carbonyl (C=O) groups is 1. The molecule has 1 atom stereocenters. The van der Waals surface area contributed by atoms with Gasteiger partial charge < -0.3 is 14.2 Å². The summed E-state index contributed by atoms with van der Waals surface area (Å²) < 4.78 is 7.54. The van der Waals surface area contributed by atoms with E-state index >= 15 is 0 Å². The van der Waals surface area contributed by atoms with Crippen LogP contribution >= 0.6 is 11.3 Å².